The van der Waals surface area contributed by atoms with Crippen LogP contribution in [0, 0.1) is 5.92 Å². The third-order valence-electron chi connectivity index (χ3n) is 9.39. The lowest BCUT2D eigenvalue weighted by Crippen LogP contribution is -2.56. The fourth-order valence-electron chi connectivity index (χ4n) is 6.81. The monoisotopic (exact) mass is 671 g/mol. The number of carbonyl (C=O) groups excluding carboxylic acids is 3. The van der Waals surface area contributed by atoms with Crippen LogP contribution in [0.1, 0.15) is 71.3 Å². The molecule has 3 aromatic rings. The Morgan fingerprint density at radius 2 is 1.82 bits per heavy atom. The van der Waals surface area contributed by atoms with Gasteiger partial charge in [0.25, 0.3) is 6.01 Å². The molecular weight excluding hydrogens is 626 g/mol. The molecule has 1 aliphatic carbocycles. The molecule has 0 unspecified atom stereocenters. The van der Waals surface area contributed by atoms with E-state index in [1.165, 1.54) is 4.90 Å². The number of amides is 3. The number of rotatable bonds is 6. The van der Waals surface area contributed by atoms with Crippen molar-refractivity contribution in [3.63, 3.8) is 0 Å². The summed E-state index contributed by atoms with van der Waals surface area (Å²) < 4.78 is 14.0. The number of aliphatic carboxylic acids is 1. The van der Waals surface area contributed by atoms with Gasteiger partial charge in [-0.05, 0) is 64.2 Å². The van der Waals surface area contributed by atoms with Gasteiger partial charge in [-0.2, -0.15) is 4.98 Å². The van der Waals surface area contributed by atoms with Gasteiger partial charge < -0.3 is 30.1 Å². The van der Waals surface area contributed by atoms with Gasteiger partial charge in [-0.25, -0.2) is 9.59 Å². The van der Waals surface area contributed by atoms with Gasteiger partial charge in [0.1, 0.15) is 29.3 Å². The Kier molecular flexibility index (Phi) is 9.67. The van der Waals surface area contributed by atoms with Crippen molar-refractivity contribution in [1.82, 2.24) is 25.1 Å². The number of carbonyl (C=O) groups is 4. The molecule has 12 nitrogen and oxygen atoms in total. The van der Waals surface area contributed by atoms with Crippen LogP contribution >= 0.6 is 0 Å². The zero-order chi connectivity index (χ0) is 34.8. The van der Waals surface area contributed by atoms with Crippen molar-refractivity contribution >= 4 is 34.9 Å². The minimum Gasteiger partial charge on any atom is -0.479 e. The number of aromatic nitrogens is 2. The molecule has 1 saturated carbocycles. The normalized spacial score (nSPS) is 26.1. The van der Waals surface area contributed by atoms with Crippen LogP contribution in [0.3, 0.4) is 0 Å². The lowest BCUT2D eigenvalue weighted by molar-refractivity contribution is -0.145. The Morgan fingerprint density at radius 1 is 1.06 bits per heavy atom. The van der Waals surface area contributed by atoms with Crippen LogP contribution in [0.4, 0.5) is 4.79 Å². The highest BCUT2D eigenvalue weighted by molar-refractivity contribution is 5.96. The second kappa shape index (κ2) is 13.9. The molecule has 6 rings (SSSR count). The third kappa shape index (κ3) is 7.73. The van der Waals surface area contributed by atoms with Crippen molar-refractivity contribution in [1.29, 1.82) is 0 Å². The number of benzene rings is 2. The molecule has 3 N–H and O–H groups in total. The summed E-state index contributed by atoms with van der Waals surface area (Å²) in [6, 6.07) is 16.0. The van der Waals surface area contributed by atoms with Crippen molar-refractivity contribution in [2.45, 2.75) is 102 Å². The van der Waals surface area contributed by atoms with E-state index >= 15 is 0 Å². The molecule has 3 aliphatic rings. The molecule has 260 valence electrons. The lowest BCUT2D eigenvalue weighted by Gasteiger charge is -2.30. The first-order chi connectivity index (χ1) is 23.4. The Hall–Kier alpha value is -4.87. The molecule has 2 aliphatic heterocycles. The number of nitrogens with one attached hydrogen (secondary N) is 2. The number of allylic oxidation sites excluding steroid dienone is 1. The van der Waals surface area contributed by atoms with Crippen LogP contribution in [-0.2, 0) is 25.7 Å². The van der Waals surface area contributed by atoms with E-state index in [1.54, 1.807) is 20.8 Å². The number of para-hydroxylation sites is 2. The van der Waals surface area contributed by atoms with Crippen molar-refractivity contribution in [2.24, 2.45) is 5.92 Å². The maximum atomic E-state index is 14.3. The van der Waals surface area contributed by atoms with E-state index in [0.29, 0.717) is 25.4 Å². The summed E-state index contributed by atoms with van der Waals surface area (Å²) >= 11 is 0. The predicted octanol–water partition coefficient (Wildman–Crippen LogP) is 4.81. The van der Waals surface area contributed by atoms with Gasteiger partial charge in [0, 0.05) is 12.3 Å². The van der Waals surface area contributed by atoms with E-state index in [1.807, 2.05) is 71.3 Å². The number of carboxylic acids is 1. The molecule has 2 fully saturated rings. The van der Waals surface area contributed by atoms with Crippen LogP contribution in [0.15, 0.2) is 66.7 Å². The van der Waals surface area contributed by atoms with Crippen molar-refractivity contribution in [3.05, 3.63) is 72.3 Å². The number of hydrogen-bond acceptors (Lipinski definition) is 7. The van der Waals surface area contributed by atoms with Gasteiger partial charge in [0.2, 0.25) is 11.8 Å². The third-order valence-corrected chi connectivity index (χ3v) is 9.39. The summed E-state index contributed by atoms with van der Waals surface area (Å²) in [7, 11) is 0. The zero-order valence-electron chi connectivity index (χ0n) is 28.3. The summed E-state index contributed by atoms with van der Waals surface area (Å²) in [5.41, 5.74) is 0.464. The lowest BCUT2D eigenvalue weighted by atomic mass is 10.0. The molecule has 12 heteroatoms. The van der Waals surface area contributed by atoms with Gasteiger partial charge in [-0.15, -0.1) is 0 Å². The van der Waals surface area contributed by atoms with Crippen LogP contribution in [0.2, 0.25) is 0 Å². The molecular formula is C37H45N5O7. The Balaban J connectivity index is 1.31. The summed E-state index contributed by atoms with van der Waals surface area (Å²) in [5.74, 6) is -2.46. The van der Waals surface area contributed by atoms with Crippen molar-refractivity contribution in [2.75, 3.05) is 6.54 Å². The first-order valence-corrected chi connectivity index (χ1v) is 17.1. The van der Waals surface area contributed by atoms with Gasteiger partial charge in [-0.3, -0.25) is 14.2 Å². The summed E-state index contributed by atoms with van der Waals surface area (Å²) in [4.78, 5) is 59.9. The molecule has 5 atom stereocenters. The SMILES string of the molecule is CC(C)(C)OC(=O)N[C@H]1CCCCCC=C[C@@H]2C[C@@]2(C(=O)O)NC(=O)[C@@H]2C[C@@H](Oc3nc4ccccc4n3Cc3ccccc3)CN2C1=O. The number of fused-ring (bicyclic) bond motifs is 3. The van der Waals surface area contributed by atoms with Crippen LogP contribution in [-0.4, -0.2) is 79.3 Å². The number of ether oxygens (including phenoxy) is 2. The van der Waals surface area contributed by atoms with Gasteiger partial charge >= 0.3 is 12.1 Å². The quantitative estimate of drug-likeness (QED) is 0.316. The van der Waals surface area contributed by atoms with E-state index in [4.69, 9.17) is 14.5 Å². The number of hydrogen-bond donors (Lipinski definition) is 3. The number of carboxylic acid groups (broad SMARTS) is 1. The highest BCUT2D eigenvalue weighted by Crippen LogP contribution is 2.45. The smallest absolute Gasteiger partial charge is 0.408 e. The van der Waals surface area contributed by atoms with Crippen LogP contribution in [0.25, 0.3) is 11.0 Å². The van der Waals surface area contributed by atoms with E-state index in [-0.39, 0.29) is 25.3 Å². The highest BCUT2D eigenvalue weighted by Gasteiger charge is 2.61. The molecule has 1 saturated heterocycles. The second-order valence-electron chi connectivity index (χ2n) is 14.3. The van der Waals surface area contributed by atoms with Gasteiger partial charge in [-0.1, -0.05) is 67.5 Å². The molecule has 2 aromatic carbocycles. The van der Waals surface area contributed by atoms with E-state index in [9.17, 15) is 24.3 Å². The molecule has 3 amide bonds. The molecule has 1 aromatic heterocycles. The second-order valence-corrected chi connectivity index (χ2v) is 14.3. The predicted molar refractivity (Wildman–Crippen MR) is 182 cm³/mol. The van der Waals surface area contributed by atoms with Crippen LogP contribution in [0.5, 0.6) is 6.01 Å². The molecule has 3 heterocycles. The number of imidazole rings is 1. The molecule has 0 bridgehead atoms. The first kappa shape index (κ1) is 34.0. The van der Waals surface area contributed by atoms with E-state index in [2.05, 4.69) is 10.6 Å². The number of alkyl carbamates (subject to hydrolysis) is 1. The number of nitrogens with zero attached hydrogens (tertiary/aromatic N) is 3. The summed E-state index contributed by atoms with van der Waals surface area (Å²) in [6.45, 7) is 5.77. The molecule has 0 radical (unpaired) electrons. The standard InChI is InChI=1S/C37H45N5O7/c1-36(2,3)49-35(47)39-28-18-11-6-4-5-10-16-25-21-37(25,33(45)46)40-31(43)30-20-26(23-41(30)32(28)44)48-34-38-27-17-12-13-19-29(27)42(34)22-24-14-8-7-9-15-24/h7-10,12-17,19,25-26,28,30H,4-6,11,18,20-23H2,1-3H3,(H,39,47)(H,40,43)(H,45,46)/t25-,26-,28+,30+,37-/m1/s1. The summed E-state index contributed by atoms with van der Waals surface area (Å²) in [6.07, 6.45) is 6.29. The van der Waals surface area contributed by atoms with Crippen LogP contribution < -0.4 is 15.4 Å². The minimum absolute atomic E-state index is 0.0430. The first-order valence-electron chi connectivity index (χ1n) is 17.1. The zero-order valence-corrected chi connectivity index (χ0v) is 28.3. The maximum absolute atomic E-state index is 14.3. The topological polar surface area (TPSA) is 152 Å². The average Bonchev–Trinajstić information content (AvgIpc) is 3.41. The van der Waals surface area contributed by atoms with E-state index in [0.717, 1.165) is 35.9 Å². The van der Waals surface area contributed by atoms with Gasteiger partial charge in [0.05, 0.1) is 24.1 Å². The van der Waals surface area contributed by atoms with E-state index < -0.39 is 53.2 Å². The Labute approximate surface area is 285 Å². The molecule has 49 heavy (non-hydrogen) atoms. The van der Waals surface area contributed by atoms with Crippen molar-refractivity contribution in [3.8, 4) is 6.01 Å². The fraction of sp³-hybridized carbons (Fsp3) is 0.486. The fourth-order valence-corrected chi connectivity index (χ4v) is 6.81. The Morgan fingerprint density at radius 3 is 2.57 bits per heavy atom. The largest absolute Gasteiger partial charge is 0.479 e. The highest BCUT2D eigenvalue weighted by atomic mass is 16.6. The maximum Gasteiger partial charge on any atom is 0.408 e. The Bertz CT molecular complexity index is 1730. The molecule has 0 spiro atoms. The van der Waals surface area contributed by atoms with Crippen molar-refractivity contribution < 1.29 is 33.8 Å². The average molecular weight is 672 g/mol. The summed E-state index contributed by atoms with van der Waals surface area (Å²) in [5, 5.41) is 15.7. The van der Waals surface area contributed by atoms with Gasteiger partial charge in [0.15, 0.2) is 0 Å². The minimum atomic E-state index is -1.43.